The van der Waals surface area contributed by atoms with Crippen molar-refractivity contribution in [3.8, 4) is 0 Å². The summed E-state index contributed by atoms with van der Waals surface area (Å²) >= 11 is 0. The molecule has 2 heterocycles. The number of nitrogens with zero attached hydrogens (tertiary/aromatic N) is 3. The summed E-state index contributed by atoms with van der Waals surface area (Å²) in [6, 6.07) is 7.33. The molecular weight excluding hydrogens is 318 g/mol. The summed E-state index contributed by atoms with van der Waals surface area (Å²) in [6.07, 6.45) is 6.30. The highest BCUT2D eigenvalue weighted by Gasteiger charge is 2.06. The number of aromatic nitrogens is 4. The van der Waals surface area contributed by atoms with E-state index in [0.717, 1.165) is 16.9 Å². The second-order valence-electron chi connectivity index (χ2n) is 5.24. The van der Waals surface area contributed by atoms with Crippen molar-refractivity contribution in [2.75, 3.05) is 16.0 Å². The van der Waals surface area contributed by atoms with Gasteiger partial charge in [-0.2, -0.15) is 10.1 Å². The van der Waals surface area contributed by atoms with Crippen LogP contribution in [-0.4, -0.2) is 26.1 Å². The molecule has 1 amide bonds. The van der Waals surface area contributed by atoms with Crippen LogP contribution in [0, 0.1) is 6.92 Å². The Bertz CT molecular complexity index is 890. The summed E-state index contributed by atoms with van der Waals surface area (Å²) in [7, 11) is 0. The zero-order valence-electron chi connectivity index (χ0n) is 13.6. The molecule has 2 aromatic heterocycles. The van der Waals surface area contributed by atoms with Gasteiger partial charge in [0.15, 0.2) is 0 Å². The molecule has 3 aromatic rings. The van der Waals surface area contributed by atoms with E-state index in [1.165, 1.54) is 6.08 Å². The van der Waals surface area contributed by atoms with Gasteiger partial charge >= 0.3 is 0 Å². The number of H-pyrrole nitrogens is 1. The van der Waals surface area contributed by atoms with E-state index < -0.39 is 0 Å². The first-order chi connectivity index (χ1) is 12.1. The summed E-state index contributed by atoms with van der Waals surface area (Å²) < 4.78 is 0. The molecule has 0 unspecified atom stereocenters. The van der Waals surface area contributed by atoms with Crippen LogP contribution >= 0.6 is 0 Å². The smallest absolute Gasteiger partial charge is 0.247 e. The summed E-state index contributed by atoms with van der Waals surface area (Å²) in [4.78, 5) is 20.1. The Hall–Kier alpha value is -3.68. The lowest BCUT2D eigenvalue weighted by molar-refractivity contribution is -0.111. The molecule has 0 atom stereocenters. The summed E-state index contributed by atoms with van der Waals surface area (Å²) in [6.45, 7) is 5.35. The van der Waals surface area contributed by atoms with Crippen molar-refractivity contribution < 1.29 is 4.79 Å². The molecule has 0 fully saturated rings. The second-order valence-corrected chi connectivity index (χ2v) is 5.24. The maximum atomic E-state index is 11.4. The minimum Gasteiger partial charge on any atom is -0.340 e. The molecule has 25 heavy (non-hydrogen) atoms. The number of aromatic amines is 1. The Kier molecular flexibility index (Phi) is 4.70. The first-order valence-electron chi connectivity index (χ1n) is 7.54. The van der Waals surface area contributed by atoms with Gasteiger partial charge in [0, 0.05) is 29.3 Å². The molecule has 0 aliphatic heterocycles. The highest BCUT2D eigenvalue weighted by Crippen LogP contribution is 2.22. The van der Waals surface area contributed by atoms with Gasteiger partial charge in [-0.3, -0.25) is 9.89 Å². The molecule has 0 bridgehead atoms. The SMILES string of the molecule is C=CC(=O)Nc1cccc(Nc2nc(Nc3cn[nH]c3)ncc2C)c1. The Morgan fingerprint density at radius 2 is 2.04 bits per heavy atom. The summed E-state index contributed by atoms with van der Waals surface area (Å²) in [5.41, 5.74) is 3.11. The lowest BCUT2D eigenvalue weighted by Gasteiger charge is -2.11. The van der Waals surface area contributed by atoms with Crippen LogP contribution < -0.4 is 16.0 Å². The Balaban J connectivity index is 1.79. The summed E-state index contributed by atoms with van der Waals surface area (Å²) in [5.74, 6) is 0.848. The fraction of sp³-hybridized carbons (Fsp3) is 0.0588. The highest BCUT2D eigenvalue weighted by atomic mass is 16.1. The first kappa shape index (κ1) is 16.2. The average molecular weight is 335 g/mol. The van der Waals surface area contributed by atoms with Crippen molar-refractivity contribution in [3.63, 3.8) is 0 Å². The van der Waals surface area contributed by atoms with Crippen molar-refractivity contribution in [1.82, 2.24) is 20.2 Å². The van der Waals surface area contributed by atoms with Crippen LogP contribution in [0.5, 0.6) is 0 Å². The fourth-order valence-corrected chi connectivity index (χ4v) is 2.08. The molecule has 0 saturated heterocycles. The molecule has 126 valence electrons. The molecule has 8 heteroatoms. The molecular formula is C17H17N7O. The number of hydrogen-bond acceptors (Lipinski definition) is 6. The van der Waals surface area contributed by atoms with Crippen LogP contribution in [0.15, 0.2) is 55.5 Å². The number of hydrogen-bond donors (Lipinski definition) is 4. The lowest BCUT2D eigenvalue weighted by Crippen LogP contribution is -2.07. The monoisotopic (exact) mass is 335 g/mol. The third-order valence-electron chi connectivity index (χ3n) is 3.30. The fourth-order valence-electron chi connectivity index (χ4n) is 2.08. The van der Waals surface area contributed by atoms with Gasteiger partial charge in [0.25, 0.3) is 0 Å². The molecule has 0 spiro atoms. The Labute approximate surface area is 144 Å². The van der Waals surface area contributed by atoms with Gasteiger partial charge in [-0.15, -0.1) is 0 Å². The van der Waals surface area contributed by atoms with Gasteiger partial charge in [-0.1, -0.05) is 12.6 Å². The third-order valence-corrected chi connectivity index (χ3v) is 3.30. The zero-order chi connectivity index (χ0) is 17.6. The molecule has 4 N–H and O–H groups in total. The van der Waals surface area contributed by atoms with Crippen molar-refractivity contribution in [2.45, 2.75) is 6.92 Å². The lowest BCUT2D eigenvalue weighted by atomic mass is 10.2. The zero-order valence-corrected chi connectivity index (χ0v) is 13.6. The van der Waals surface area contributed by atoms with Gasteiger partial charge < -0.3 is 16.0 Å². The van der Waals surface area contributed by atoms with E-state index in [1.807, 2.05) is 25.1 Å². The number of aryl methyl sites for hydroxylation is 1. The normalized spacial score (nSPS) is 10.1. The largest absolute Gasteiger partial charge is 0.340 e. The number of benzene rings is 1. The van der Waals surface area contributed by atoms with Gasteiger partial charge in [0.2, 0.25) is 11.9 Å². The minimum absolute atomic E-state index is 0.262. The molecule has 8 nitrogen and oxygen atoms in total. The van der Waals surface area contributed by atoms with Gasteiger partial charge in [0.1, 0.15) is 5.82 Å². The quantitative estimate of drug-likeness (QED) is 0.516. The molecule has 0 saturated carbocycles. The van der Waals surface area contributed by atoms with E-state index in [2.05, 4.69) is 42.7 Å². The van der Waals surface area contributed by atoms with Crippen LogP contribution in [-0.2, 0) is 4.79 Å². The topological polar surface area (TPSA) is 108 Å². The van der Waals surface area contributed by atoms with Crippen molar-refractivity contribution in [2.24, 2.45) is 0 Å². The van der Waals surface area contributed by atoms with Crippen molar-refractivity contribution >= 4 is 34.7 Å². The highest BCUT2D eigenvalue weighted by molar-refractivity contribution is 5.99. The van der Waals surface area contributed by atoms with E-state index in [9.17, 15) is 4.79 Å². The Morgan fingerprint density at radius 3 is 2.80 bits per heavy atom. The predicted molar refractivity (Wildman–Crippen MR) is 97.2 cm³/mol. The van der Waals surface area contributed by atoms with E-state index in [0.29, 0.717) is 17.5 Å². The van der Waals surface area contributed by atoms with Crippen LogP contribution in [0.4, 0.5) is 28.8 Å². The maximum Gasteiger partial charge on any atom is 0.247 e. The number of carbonyl (C=O) groups excluding carboxylic acids is 1. The molecule has 0 aliphatic rings. The van der Waals surface area contributed by atoms with Crippen molar-refractivity contribution in [3.05, 3.63) is 61.1 Å². The van der Waals surface area contributed by atoms with Crippen molar-refractivity contribution in [1.29, 1.82) is 0 Å². The van der Waals surface area contributed by atoms with Crippen LogP contribution in [0.3, 0.4) is 0 Å². The van der Waals surface area contributed by atoms with Crippen LogP contribution in [0.2, 0.25) is 0 Å². The minimum atomic E-state index is -0.262. The predicted octanol–water partition coefficient (Wildman–Crippen LogP) is 3.12. The van der Waals surface area contributed by atoms with Crippen LogP contribution in [0.1, 0.15) is 5.56 Å². The molecule has 0 aliphatic carbocycles. The van der Waals surface area contributed by atoms with E-state index >= 15 is 0 Å². The summed E-state index contributed by atoms with van der Waals surface area (Å²) in [5, 5.41) is 15.6. The standard InChI is InChI=1S/C17H17N7O/c1-3-15(25)21-12-5-4-6-13(7-12)22-16-11(2)8-18-17(24-16)23-14-9-19-20-10-14/h3-10H,1H2,2H3,(H,19,20)(H,21,25)(H2,18,22,23,24). The van der Waals surface area contributed by atoms with Gasteiger partial charge in [-0.05, 0) is 31.2 Å². The number of nitrogens with one attached hydrogen (secondary N) is 4. The van der Waals surface area contributed by atoms with Gasteiger partial charge in [0.05, 0.1) is 11.9 Å². The van der Waals surface area contributed by atoms with Gasteiger partial charge in [-0.25, -0.2) is 4.98 Å². The van der Waals surface area contributed by atoms with E-state index in [1.54, 1.807) is 24.7 Å². The van der Waals surface area contributed by atoms with E-state index in [4.69, 9.17) is 0 Å². The molecule has 1 aromatic carbocycles. The van der Waals surface area contributed by atoms with Crippen LogP contribution in [0.25, 0.3) is 0 Å². The Morgan fingerprint density at radius 1 is 1.20 bits per heavy atom. The molecule has 3 rings (SSSR count). The third kappa shape index (κ3) is 4.20. The number of anilines is 5. The maximum absolute atomic E-state index is 11.4. The number of amides is 1. The number of rotatable bonds is 6. The van der Waals surface area contributed by atoms with E-state index in [-0.39, 0.29) is 5.91 Å². The molecule has 0 radical (unpaired) electrons. The number of carbonyl (C=O) groups is 1. The first-order valence-corrected chi connectivity index (χ1v) is 7.54. The second kappa shape index (κ2) is 7.26. The average Bonchev–Trinajstić information content (AvgIpc) is 3.11.